The monoisotopic (exact) mass is 1110 g/mol. The van der Waals surface area contributed by atoms with Gasteiger partial charge in [0.25, 0.3) is 0 Å². The lowest BCUT2D eigenvalue weighted by Gasteiger charge is -2.18. The average Bonchev–Trinajstić information content (AvgIpc) is 3.46. The largest absolute Gasteiger partial charge is 0.462 e. The summed E-state index contributed by atoms with van der Waals surface area (Å²) in [6, 6.07) is 0. The normalized spacial score (nSPS) is 13.0. The van der Waals surface area contributed by atoms with Crippen molar-refractivity contribution in [2.45, 2.75) is 303 Å². The Morgan fingerprint density at radius 2 is 0.487 bits per heavy atom. The number of hydrogen-bond donors (Lipinski definition) is 0. The van der Waals surface area contributed by atoms with E-state index in [0.29, 0.717) is 19.3 Å². The van der Waals surface area contributed by atoms with Crippen LogP contribution < -0.4 is 0 Å². The maximum atomic E-state index is 12.9. The van der Waals surface area contributed by atoms with Crippen molar-refractivity contribution in [1.29, 1.82) is 0 Å². The van der Waals surface area contributed by atoms with Crippen molar-refractivity contribution >= 4 is 17.9 Å². The summed E-state index contributed by atoms with van der Waals surface area (Å²) in [4.78, 5) is 38.3. The van der Waals surface area contributed by atoms with E-state index in [1.807, 2.05) is 0 Å². The number of carbonyl (C=O) groups is 3. The van der Waals surface area contributed by atoms with Gasteiger partial charge in [0.1, 0.15) is 13.2 Å². The number of carbonyl (C=O) groups excluding carboxylic acids is 3. The fourth-order valence-electron chi connectivity index (χ4n) is 8.89. The summed E-state index contributed by atoms with van der Waals surface area (Å²) in [5.74, 6) is -0.919. The molecule has 6 heteroatoms. The summed E-state index contributed by atoms with van der Waals surface area (Å²) in [6.45, 7) is 6.47. The highest BCUT2D eigenvalue weighted by Gasteiger charge is 2.19. The highest BCUT2D eigenvalue weighted by atomic mass is 16.6. The molecule has 0 N–H and O–H groups in total. The Morgan fingerprint density at radius 1 is 0.263 bits per heavy atom. The molecule has 0 radical (unpaired) electrons. The Bertz CT molecular complexity index is 1700. The van der Waals surface area contributed by atoms with Gasteiger partial charge in [-0.25, -0.2) is 0 Å². The summed E-state index contributed by atoms with van der Waals surface area (Å²) < 4.78 is 16.9. The quantitative estimate of drug-likeness (QED) is 0.0261. The molecule has 0 saturated heterocycles. The molecular formula is C74H122O6. The van der Waals surface area contributed by atoms with Crippen LogP contribution in [0.3, 0.4) is 0 Å². The van der Waals surface area contributed by atoms with E-state index in [1.54, 1.807) is 0 Å². The Hall–Kier alpha value is -4.45. The Balaban J connectivity index is 4.30. The molecule has 0 saturated carbocycles. The van der Waals surface area contributed by atoms with Gasteiger partial charge in [0.05, 0.1) is 0 Å². The van der Waals surface area contributed by atoms with E-state index in [1.165, 1.54) is 109 Å². The summed E-state index contributed by atoms with van der Waals surface area (Å²) in [7, 11) is 0. The molecule has 0 aliphatic carbocycles. The van der Waals surface area contributed by atoms with Crippen LogP contribution in [-0.4, -0.2) is 37.2 Å². The van der Waals surface area contributed by atoms with Crippen LogP contribution in [0, 0.1) is 0 Å². The van der Waals surface area contributed by atoms with Crippen LogP contribution in [-0.2, 0) is 28.6 Å². The van der Waals surface area contributed by atoms with Gasteiger partial charge in [0, 0.05) is 19.3 Å². The maximum Gasteiger partial charge on any atom is 0.306 e. The Kier molecular flexibility index (Phi) is 63.3. The topological polar surface area (TPSA) is 78.9 Å². The van der Waals surface area contributed by atoms with Crippen LogP contribution in [0.5, 0.6) is 0 Å². The molecule has 1 unspecified atom stereocenters. The van der Waals surface area contributed by atoms with Crippen LogP contribution >= 0.6 is 0 Å². The number of unbranched alkanes of at least 4 members (excludes halogenated alkanes) is 26. The third kappa shape index (κ3) is 64.4. The van der Waals surface area contributed by atoms with Gasteiger partial charge in [-0.15, -0.1) is 0 Å². The van der Waals surface area contributed by atoms with E-state index in [-0.39, 0.29) is 31.1 Å². The van der Waals surface area contributed by atoms with Gasteiger partial charge < -0.3 is 14.2 Å². The van der Waals surface area contributed by atoms with E-state index in [4.69, 9.17) is 14.2 Å². The number of hydrogen-bond acceptors (Lipinski definition) is 6. The van der Waals surface area contributed by atoms with Gasteiger partial charge >= 0.3 is 17.9 Å². The van der Waals surface area contributed by atoms with Crippen molar-refractivity contribution in [3.8, 4) is 0 Å². The zero-order valence-electron chi connectivity index (χ0n) is 52.0. The molecule has 454 valence electrons. The fraction of sp³-hybridized carbons (Fsp3) is 0.662. The Labute approximate surface area is 494 Å². The number of allylic oxidation sites excluding steroid dienone is 22. The van der Waals surface area contributed by atoms with Crippen molar-refractivity contribution in [3.63, 3.8) is 0 Å². The molecule has 0 aliphatic heterocycles. The minimum Gasteiger partial charge on any atom is -0.462 e. The summed E-state index contributed by atoms with van der Waals surface area (Å²) in [5.41, 5.74) is 0. The Morgan fingerprint density at radius 3 is 0.800 bits per heavy atom. The summed E-state index contributed by atoms with van der Waals surface area (Å²) in [5, 5.41) is 0. The van der Waals surface area contributed by atoms with Crippen molar-refractivity contribution < 1.29 is 28.6 Å². The minimum atomic E-state index is -0.797. The molecular weight excluding hydrogens is 985 g/mol. The lowest BCUT2D eigenvalue weighted by Crippen LogP contribution is -2.30. The molecule has 1 atom stereocenters. The van der Waals surface area contributed by atoms with Crippen molar-refractivity contribution in [1.82, 2.24) is 0 Å². The van der Waals surface area contributed by atoms with Crippen molar-refractivity contribution in [2.75, 3.05) is 13.2 Å². The molecule has 0 spiro atoms. The fourth-order valence-corrected chi connectivity index (χ4v) is 8.89. The zero-order chi connectivity index (χ0) is 57.8. The van der Waals surface area contributed by atoms with Crippen LogP contribution in [0.25, 0.3) is 0 Å². The van der Waals surface area contributed by atoms with Gasteiger partial charge in [0.15, 0.2) is 6.10 Å². The lowest BCUT2D eigenvalue weighted by atomic mass is 10.1. The van der Waals surface area contributed by atoms with Gasteiger partial charge in [-0.1, -0.05) is 270 Å². The van der Waals surface area contributed by atoms with Crippen molar-refractivity contribution in [2.24, 2.45) is 0 Å². The second-order valence-electron chi connectivity index (χ2n) is 21.6. The van der Waals surface area contributed by atoms with E-state index >= 15 is 0 Å². The molecule has 0 amide bonds. The minimum absolute atomic E-state index is 0.0924. The molecule has 80 heavy (non-hydrogen) atoms. The molecule has 0 aromatic heterocycles. The van der Waals surface area contributed by atoms with E-state index in [2.05, 4.69) is 154 Å². The first-order valence-corrected chi connectivity index (χ1v) is 33.2. The molecule has 0 aromatic carbocycles. The van der Waals surface area contributed by atoms with Crippen LogP contribution in [0.2, 0.25) is 0 Å². The molecule has 0 bridgehead atoms. The molecule has 0 aliphatic rings. The van der Waals surface area contributed by atoms with Gasteiger partial charge in [-0.2, -0.15) is 0 Å². The van der Waals surface area contributed by atoms with E-state index in [9.17, 15) is 14.4 Å². The highest BCUT2D eigenvalue weighted by molar-refractivity contribution is 5.71. The van der Waals surface area contributed by atoms with Crippen LogP contribution in [0.4, 0.5) is 0 Å². The second kappa shape index (κ2) is 67.1. The molecule has 0 rings (SSSR count). The van der Waals surface area contributed by atoms with E-state index in [0.717, 1.165) is 148 Å². The van der Waals surface area contributed by atoms with Crippen LogP contribution in [0.1, 0.15) is 297 Å². The molecule has 0 heterocycles. The predicted molar refractivity (Wildman–Crippen MR) is 348 cm³/mol. The molecule has 0 aromatic rings. The van der Waals surface area contributed by atoms with Gasteiger partial charge in [-0.3, -0.25) is 14.4 Å². The number of esters is 3. The summed E-state index contributed by atoms with van der Waals surface area (Å²) >= 11 is 0. The zero-order valence-corrected chi connectivity index (χ0v) is 52.0. The lowest BCUT2D eigenvalue weighted by molar-refractivity contribution is -0.167. The van der Waals surface area contributed by atoms with Gasteiger partial charge in [-0.05, 0) is 141 Å². The average molecular weight is 1110 g/mol. The van der Waals surface area contributed by atoms with Crippen molar-refractivity contribution in [3.05, 3.63) is 134 Å². The van der Waals surface area contributed by atoms with Crippen LogP contribution in [0.15, 0.2) is 134 Å². The third-order valence-electron chi connectivity index (χ3n) is 13.9. The predicted octanol–water partition coefficient (Wildman–Crippen LogP) is 22.9. The molecule has 6 nitrogen and oxygen atoms in total. The molecule has 0 fully saturated rings. The maximum absolute atomic E-state index is 12.9. The number of ether oxygens (including phenoxy) is 3. The summed E-state index contributed by atoms with van der Waals surface area (Å²) in [6.07, 6.45) is 94.6. The second-order valence-corrected chi connectivity index (χ2v) is 21.6. The van der Waals surface area contributed by atoms with E-state index < -0.39 is 6.10 Å². The van der Waals surface area contributed by atoms with Gasteiger partial charge in [0.2, 0.25) is 0 Å². The third-order valence-corrected chi connectivity index (χ3v) is 13.9. The number of rotatable bonds is 59. The SMILES string of the molecule is CC/C=C\C/C=C\C/C=C\C/C=C\C/C=C\C/C=C\C/C=C\C/C=C\CCCCCCCCCCC(=O)OCC(COC(=O)CCCCCCC/C=C\CCCCCCC)OC(=O)CCCCCCC/C=C\C/C=C\CCCCC. The first-order valence-electron chi connectivity index (χ1n) is 33.2. The standard InChI is InChI=1S/C74H122O6/c1-4-7-10-13-16-19-22-25-28-29-30-31-32-33-34-35-36-37-38-39-40-41-42-43-44-45-47-49-52-55-58-61-64-67-73(76)79-70-71(69-78-72(75)66-63-60-57-54-51-48-27-24-21-18-15-12-9-6-3)80-74(77)68-65-62-59-56-53-50-46-26-23-20-17-14-11-8-5-2/h7,10,16-17,19-20,24-28,30-31,33-34,36-37,39-40,42-43,46,71H,4-6,8-9,11-15,18,21-23,29,32,35,38,41,44-45,47-70H2,1-3H3/b10-7-,19-16-,20-17-,27-24-,28-25-,31-30-,34-33-,37-36-,40-39-,43-42-,46-26-. The first kappa shape index (κ1) is 75.5. The highest BCUT2D eigenvalue weighted by Crippen LogP contribution is 2.15. The first-order chi connectivity index (χ1) is 39.5. The smallest absolute Gasteiger partial charge is 0.306 e.